The fraction of sp³-hybridized carbons (Fsp3) is 0.945. The average Bonchev–Trinajstić information content (AvgIpc) is 3.22. The molecule has 0 bridgehead atoms. The molecule has 1 atom stereocenters. The van der Waals surface area contributed by atoms with E-state index in [2.05, 4.69) is 41.5 Å². The van der Waals surface area contributed by atoms with Gasteiger partial charge in [-0.25, -0.2) is 0 Å². The zero-order valence-electron chi connectivity index (χ0n) is 42.0. The van der Waals surface area contributed by atoms with Crippen LogP contribution in [-0.2, 0) is 28.6 Å². The Morgan fingerprint density at radius 1 is 0.279 bits per heavy atom. The highest BCUT2D eigenvalue weighted by atomic mass is 16.6. The molecule has 0 N–H and O–H groups in total. The Morgan fingerprint density at radius 2 is 0.475 bits per heavy atom. The third-order valence-corrected chi connectivity index (χ3v) is 12.4. The van der Waals surface area contributed by atoms with Gasteiger partial charge < -0.3 is 14.2 Å². The van der Waals surface area contributed by atoms with E-state index in [9.17, 15) is 14.4 Å². The van der Waals surface area contributed by atoms with E-state index in [0.717, 1.165) is 75.5 Å². The molecule has 362 valence electrons. The smallest absolute Gasteiger partial charge is 0.306 e. The van der Waals surface area contributed by atoms with Crippen LogP contribution < -0.4 is 0 Å². The van der Waals surface area contributed by atoms with Gasteiger partial charge in [-0.1, -0.05) is 260 Å². The minimum Gasteiger partial charge on any atom is -0.462 e. The van der Waals surface area contributed by atoms with Gasteiger partial charge in [0.05, 0.1) is 0 Å². The number of esters is 3. The molecule has 0 aromatic carbocycles. The molecule has 0 fully saturated rings. The molecular weight excluding hydrogens is 757 g/mol. The molecule has 0 aliphatic rings. The fourth-order valence-corrected chi connectivity index (χ4v) is 8.29. The van der Waals surface area contributed by atoms with E-state index < -0.39 is 6.10 Å². The molecule has 0 aromatic rings. The first-order valence-electron chi connectivity index (χ1n) is 27.1. The van der Waals surface area contributed by atoms with Crippen molar-refractivity contribution in [1.29, 1.82) is 0 Å². The summed E-state index contributed by atoms with van der Waals surface area (Å²) in [6.07, 6.45) is 46.7. The Morgan fingerprint density at radius 3 is 0.705 bits per heavy atom. The van der Waals surface area contributed by atoms with E-state index in [4.69, 9.17) is 14.2 Å². The molecule has 61 heavy (non-hydrogen) atoms. The van der Waals surface area contributed by atoms with E-state index in [1.165, 1.54) is 180 Å². The largest absolute Gasteiger partial charge is 0.462 e. The summed E-state index contributed by atoms with van der Waals surface area (Å²) >= 11 is 0. The lowest BCUT2D eigenvalue weighted by molar-refractivity contribution is -0.167. The van der Waals surface area contributed by atoms with Crippen LogP contribution in [-0.4, -0.2) is 37.2 Å². The van der Waals surface area contributed by atoms with E-state index in [1.807, 2.05) is 0 Å². The Balaban J connectivity index is 4.25. The third kappa shape index (κ3) is 49.3. The third-order valence-electron chi connectivity index (χ3n) is 12.4. The number of hydrogen-bond acceptors (Lipinski definition) is 6. The average molecular weight is 863 g/mol. The zero-order valence-corrected chi connectivity index (χ0v) is 42.0. The predicted octanol–water partition coefficient (Wildman–Crippen LogP) is 17.6. The maximum absolute atomic E-state index is 12.8. The van der Waals surface area contributed by atoms with Crippen LogP contribution in [0.2, 0.25) is 0 Å². The van der Waals surface area contributed by atoms with Gasteiger partial charge in [-0.15, -0.1) is 0 Å². The molecule has 0 aliphatic heterocycles. The molecule has 6 nitrogen and oxygen atoms in total. The maximum atomic E-state index is 12.8. The number of unbranched alkanes of at least 4 members (excludes halogenated alkanes) is 31. The Labute approximate surface area is 380 Å². The van der Waals surface area contributed by atoms with Crippen molar-refractivity contribution in [3.63, 3.8) is 0 Å². The summed E-state index contributed by atoms with van der Waals surface area (Å²) < 4.78 is 16.8. The van der Waals surface area contributed by atoms with Crippen molar-refractivity contribution < 1.29 is 28.6 Å². The first-order valence-corrected chi connectivity index (χ1v) is 27.1. The summed E-state index contributed by atoms with van der Waals surface area (Å²) in [5.74, 6) is 1.61. The Hall–Kier alpha value is -1.59. The minimum atomic E-state index is -0.763. The minimum absolute atomic E-state index is 0.0647. The molecule has 0 spiro atoms. The molecule has 0 radical (unpaired) electrons. The van der Waals surface area contributed by atoms with Gasteiger partial charge in [-0.2, -0.15) is 0 Å². The van der Waals surface area contributed by atoms with Crippen LogP contribution in [0.4, 0.5) is 0 Å². The lowest BCUT2D eigenvalue weighted by Gasteiger charge is -2.18. The van der Waals surface area contributed by atoms with E-state index in [1.54, 1.807) is 0 Å². The van der Waals surface area contributed by atoms with Gasteiger partial charge in [0.2, 0.25) is 0 Å². The highest BCUT2D eigenvalue weighted by Crippen LogP contribution is 2.18. The molecule has 0 saturated heterocycles. The van der Waals surface area contributed by atoms with Crippen molar-refractivity contribution in [2.24, 2.45) is 17.8 Å². The highest BCUT2D eigenvalue weighted by Gasteiger charge is 2.19. The molecule has 0 saturated carbocycles. The van der Waals surface area contributed by atoms with Crippen LogP contribution in [0.1, 0.15) is 298 Å². The van der Waals surface area contributed by atoms with Crippen LogP contribution in [0, 0.1) is 17.8 Å². The lowest BCUT2D eigenvalue weighted by atomic mass is 10.0. The highest BCUT2D eigenvalue weighted by molar-refractivity contribution is 5.71. The standard InChI is InChI=1S/C55H106O6/c1-49(2)41-35-29-23-18-14-11-9-7-8-10-12-16-20-26-32-38-44-53(56)59-47-52(48-60-54(57)45-39-33-28-22-25-31-37-43-51(5)6)61-55(58)46-40-34-27-21-17-13-15-19-24-30-36-42-50(3)4/h49-52H,7-48H2,1-6H3/t52-/m1/s1. The fourth-order valence-electron chi connectivity index (χ4n) is 8.29. The van der Waals surface area contributed by atoms with Gasteiger partial charge in [-0.3, -0.25) is 14.4 Å². The zero-order chi connectivity index (χ0) is 44.9. The summed E-state index contributed by atoms with van der Waals surface area (Å²) in [7, 11) is 0. The second-order valence-corrected chi connectivity index (χ2v) is 20.3. The van der Waals surface area contributed by atoms with Gasteiger partial charge in [-0.05, 0) is 37.0 Å². The van der Waals surface area contributed by atoms with Crippen LogP contribution in [0.15, 0.2) is 0 Å². The molecule has 6 heteroatoms. The Kier molecular flexibility index (Phi) is 45.2. The molecule has 0 unspecified atom stereocenters. The van der Waals surface area contributed by atoms with Crippen molar-refractivity contribution in [1.82, 2.24) is 0 Å². The van der Waals surface area contributed by atoms with Gasteiger partial charge in [0.1, 0.15) is 13.2 Å². The number of carbonyl (C=O) groups excluding carboxylic acids is 3. The number of carbonyl (C=O) groups is 3. The molecule has 0 amide bonds. The Bertz CT molecular complexity index is 945. The van der Waals surface area contributed by atoms with E-state index in [-0.39, 0.29) is 31.1 Å². The number of hydrogen-bond donors (Lipinski definition) is 0. The van der Waals surface area contributed by atoms with Crippen molar-refractivity contribution >= 4 is 17.9 Å². The van der Waals surface area contributed by atoms with Gasteiger partial charge >= 0.3 is 17.9 Å². The van der Waals surface area contributed by atoms with Crippen molar-refractivity contribution in [3.8, 4) is 0 Å². The summed E-state index contributed by atoms with van der Waals surface area (Å²) in [5, 5.41) is 0. The van der Waals surface area contributed by atoms with Crippen LogP contribution in [0.3, 0.4) is 0 Å². The number of ether oxygens (including phenoxy) is 3. The molecule has 0 aliphatic carbocycles. The SMILES string of the molecule is CC(C)CCCCCCCCCCCCCCCCCCC(=O)OC[C@H](COC(=O)CCCCCCCCCC(C)C)OC(=O)CCCCCCCCCCCCCC(C)C. The second kappa shape index (κ2) is 46.4. The van der Waals surface area contributed by atoms with E-state index in [0.29, 0.717) is 19.3 Å². The molecular formula is C55H106O6. The van der Waals surface area contributed by atoms with Crippen LogP contribution in [0.5, 0.6) is 0 Å². The number of rotatable bonds is 48. The van der Waals surface area contributed by atoms with Crippen LogP contribution >= 0.6 is 0 Å². The predicted molar refractivity (Wildman–Crippen MR) is 261 cm³/mol. The second-order valence-electron chi connectivity index (χ2n) is 20.3. The first kappa shape index (κ1) is 59.4. The van der Waals surface area contributed by atoms with Gasteiger partial charge in [0.15, 0.2) is 6.10 Å². The summed E-state index contributed by atoms with van der Waals surface area (Å²) in [5.41, 5.74) is 0. The van der Waals surface area contributed by atoms with Crippen molar-refractivity contribution in [2.45, 2.75) is 304 Å². The quantitative estimate of drug-likeness (QED) is 0.0344. The first-order chi connectivity index (χ1) is 29.6. The van der Waals surface area contributed by atoms with E-state index >= 15 is 0 Å². The summed E-state index contributed by atoms with van der Waals surface area (Å²) in [4.78, 5) is 38.0. The molecule has 0 rings (SSSR count). The van der Waals surface area contributed by atoms with Crippen LogP contribution in [0.25, 0.3) is 0 Å². The van der Waals surface area contributed by atoms with Gasteiger partial charge in [0, 0.05) is 19.3 Å². The van der Waals surface area contributed by atoms with Gasteiger partial charge in [0.25, 0.3) is 0 Å². The monoisotopic (exact) mass is 863 g/mol. The normalized spacial score (nSPS) is 12.1. The van der Waals surface area contributed by atoms with Crippen molar-refractivity contribution in [2.75, 3.05) is 13.2 Å². The topological polar surface area (TPSA) is 78.9 Å². The van der Waals surface area contributed by atoms with Crippen molar-refractivity contribution in [3.05, 3.63) is 0 Å². The summed E-state index contributed by atoms with van der Waals surface area (Å²) in [6, 6.07) is 0. The molecule has 0 heterocycles. The summed E-state index contributed by atoms with van der Waals surface area (Å²) in [6.45, 7) is 13.7. The lowest BCUT2D eigenvalue weighted by Crippen LogP contribution is -2.30. The molecule has 0 aromatic heterocycles. The maximum Gasteiger partial charge on any atom is 0.306 e.